The quantitative estimate of drug-likeness (QED) is 0.558. The van der Waals surface area contributed by atoms with Gasteiger partial charge in [-0.25, -0.2) is 0 Å². The molecule has 0 aromatic heterocycles. The van der Waals surface area contributed by atoms with E-state index in [1.807, 2.05) is 44.2 Å². The van der Waals surface area contributed by atoms with Crippen LogP contribution in [-0.2, 0) is 9.53 Å². The maximum Gasteiger partial charge on any atom is 0.313 e. The Hall–Kier alpha value is -1.57. The van der Waals surface area contributed by atoms with Crippen LogP contribution in [0.15, 0.2) is 43.0 Å². The molecule has 0 bridgehead atoms. The molecule has 2 unspecified atom stereocenters. The summed E-state index contributed by atoms with van der Waals surface area (Å²) in [7, 11) is 0. The van der Waals surface area contributed by atoms with E-state index >= 15 is 0 Å². The molecule has 0 radical (unpaired) electrons. The number of benzene rings is 1. The first-order chi connectivity index (χ1) is 7.69. The third-order valence-electron chi connectivity index (χ3n) is 2.59. The average Bonchev–Trinajstić information content (AvgIpc) is 2.31. The van der Waals surface area contributed by atoms with E-state index in [1.54, 1.807) is 6.08 Å². The van der Waals surface area contributed by atoms with Gasteiger partial charge in [0.2, 0.25) is 0 Å². The lowest BCUT2D eigenvalue weighted by Gasteiger charge is -2.16. The predicted molar refractivity (Wildman–Crippen MR) is 64.9 cm³/mol. The van der Waals surface area contributed by atoms with E-state index in [4.69, 9.17) is 4.74 Å². The van der Waals surface area contributed by atoms with Crippen LogP contribution in [0.5, 0.6) is 0 Å². The van der Waals surface area contributed by atoms with Gasteiger partial charge in [0.05, 0.1) is 5.92 Å². The zero-order valence-corrected chi connectivity index (χ0v) is 9.85. The average molecular weight is 218 g/mol. The minimum atomic E-state index is -0.206. The van der Waals surface area contributed by atoms with Crippen molar-refractivity contribution in [2.24, 2.45) is 5.92 Å². The van der Waals surface area contributed by atoms with Crippen LogP contribution in [0.1, 0.15) is 31.9 Å². The molecule has 0 N–H and O–H groups in total. The zero-order chi connectivity index (χ0) is 12.0. The fourth-order valence-electron chi connectivity index (χ4n) is 1.48. The van der Waals surface area contributed by atoms with Gasteiger partial charge in [-0.15, -0.1) is 6.58 Å². The maximum atomic E-state index is 11.7. The van der Waals surface area contributed by atoms with Crippen molar-refractivity contribution in [3.63, 3.8) is 0 Å². The minimum Gasteiger partial charge on any atom is -0.457 e. The van der Waals surface area contributed by atoms with Gasteiger partial charge in [0.1, 0.15) is 6.10 Å². The van der Waals surface area contributed by atoms with Crippen molar-refractivity contribution in [3.05, 3.63) is 48.6 Å². The highest BCUT2D eigenvalue weighted by molar-refractivity contribution is 5.74. The molecule has 2 atom stereocenters. The molecule has 1 aromatic carbocycles. The molecule has 0 heterocycles. The minimum absolute atomic E-state index is 0.200. The SMILES string of the molecule is C=CC(CC)C(=O)OC(C)c1ccccc1. The van der Waals surface area contributed by atoms with Gasteiger partial charge in [-0.3, -0.25) is 4.79 Å². The summed E-state index contributed by atoms with van der Waals surface area (Å²) in [6, 6.07) is 9.71. The fourth-order valence-corrected chi connectivity index (χ4v) is 1.48. The predicted octanol–water partition coefficient (Wildman–Crippen LogP) is 3.50. The Morgan fingerprint density at radius 3 is 2.56 bits per heavy atom. The number of carbonyl (C=O) groups is 1. The molecular weight excluding hydrogens is 200 g/mol. The third kappa shape index (κ3) is 3.23. The first kappa shape index (κ1) is 12.5. The molecule has 0 aliphatic carbocycles. The van der Waals surface area contributed by atoms with Crippen LogP contribution in [0.2, 0.25) is 0 Å². The molecule has 1 rings (SSSR count). The topological polar surface area (TPSA) is 26.3 Å². The van der Waals surface area contributed by atoms with E-state index in [2.05, 4.69) is 6.58 Å². The van der Waals surface area contributed by atoms with E-state index in [0.29, 0.717) is 0 Å². The van der Waals surface area contributed by atoms with Crippen LogP contribution in [0.25, 0.3) is 0 Å². The van der Waals surface area contributed by atoms with Crippen molar-refractivity contribution in [2.75, 3.05) is 0 Å². The number of carbonyl (C=O) groups excluding carboxylic acids is 1. The van der Waals surface area contributed by atoms with E-state index in [9.17, 15) is 4.79 Å². The molecule has 2 nitrogen and oxygen atoms in total. The number of esters is 1. The molecular formula is C14H18O2. The first-order valence-electron chi connectivity index (χ1n) is 5.57. The van der Waals surface area contributed by atoms with Crippen LogP contribution in [0.3, 0.4) is 0 Å². The summed E-state index contributed by atoms with van der Waals surface area (Å²) in [5.41, 5.74) is 1.01. The lowest BCUT2D eigenvalue weighted by Crippen LogP contribution is -2.17. The second-order valence-corrected chi connectivity index (χ2v) is 3.74. The van der Waals surface area contributed by atoms with Gasteiger partial charge in [-0.2, -0.15) is 0 Å². The van der Waals surface area contributed by atoms with Crippen molar-refractivity contribution in [1.82, 2.24) is 0 Å². The summed E-state index contributed by atoms with van der Waals surface area (Å²) < 4.78 is 5.37. The largest absolute Gasteiger partial charge is 0.457 e. The van der Waals surface area contributed by atoms with E-state index in [-0.39, 0.29) is 18.0 Å². The molecule has 2 heteroatoms. The Labute approximate surface area is 96.9 Å². The first-order valence-corrected chi connectivity index (χ1v) is 5.57. The van der Waals surface area contributed by atoms with Crippen molar-refractivity contribution in [3.8, 4) is 0 Å². The molecule has 0 aliphatic rings. The lowest BCUT2D eigenvalue weighted by atomic mass is 10.1. The van der Waals surface area contributed by atoms with Crippen molar-refractivity contribution in [2.45, 2.75) is 26.4 Å². The standard InChI is InChI=1S/C14H18O2/c1-4-12(5-2)14(15)16-11(3)13-9-7-6-8-10-13/h4,6-12H,1,5H2,2-3H3. The summed E-state index contributed by atoms with van der Waals surface area (Å²) in [6.07, 6.45) is 2.16. The molecule has 0 saturated carbocycles. The Morgan fingerprint density at radius 2 is 2.06 bits per heavy atom. The highest BCUT2D eigenvalue weighted by atomic mass is 16.5. The highest BCUT2D eigenvalue weighted by Crippen LogP contribution is 2.19. The van der Waals surface area contributed by atoms with Gasteiger partial charge >= 0.3 is 5.97 Å². The Balaban J connectivity index is 2.61. The molecule has 1 aromatic rings. The summed E-state index contributed by atoms with van der Waals surface area (Å²) in [5, 5.41) is 0. The number of hydrogen-bond donors (Lipinski definition) is 0. The van der Waals surface area contributed by atoms with Crippen molar-refractivity contribution < 1.29 is 9.53 Å². The summed E-state index contributed by atoms with van der Waals surface area (Å²) >= 11 is 0. The zero-order valence-electron chi connectivity index (χ0n) is 9.85. The summed E-state index contributed by atoms with van der Waals surface area (Å²) in [5.74, 6) is -0.403. The summed E-state index contributed by atoms with van der Waals surface area (Å²) in [6.45, 7) is 7.46. The monoisotopic (exact) mass is 218 g/mol. The smallest absolute Gasteiger partial charge is 0.313 e. The van der Waals surface area contributed by atoms with Crippen LogP contribution < -0.4 is 0 Å². The van der Waals surface area contributed by atoms with Gasteiger partial charge in [-0.1, -0.05) is 43.3 Å². The van der Waals surface area contributed by atoms with Crippen molar-refractivity contribution in [1.29, 1.82) is 0 Å². The summed E-state index contributed by atoms with van der Waals surface area (Å²) in [4.78, 5) is 11.7. The third-order valence-corrected chi connectivity index (χ3v) is 2.59. The van der Waals surface area contributed by atoms with E-state index in [1.165, 1.54) is 0 Å². The van der Waals surface area contributed by atoms with E-state index < -0.39 is 0 Å². The molecule has 16 heavy (non-hydrogen) atoms. The number of rotatable bonds is 5. The highest BCUT2D eigenvalue weighted by Gasteiger charge is 2.17. The van der Waals surface area contributed by atoms with Crippen LogP contribution in [0.4, 0.5) is 0 Å². The van der Waals surface area contributed by atoms with Crippen LogP contribution in [-0.4, -0.2) is 5.97 Å². The van der Waals surface area contributed by atoms with Crippen molar-refractivity contribution >= 4 is 5.97 Å². The molecule has 86 valence electrons. The molecule has 0 amide bonds. The number of ether oxygens (including phenoxy) is 1. The van der Waals surface area contributed by atoms with E-state index in [0.717, 1.165) is 12.0 Å². The molecule has 0 fully saturated rings. The Bertz CT molecular complexity index is 343. The van der Waals surface area contributed by atoms with Gasteiger partial charge in [0, 0.05) is 0 Å². The lowest BCUT2D eigenvalue weighted by molar-refractivity contribution is -0.151. The van der Waals surface area contributed by atoms with Gasteiger partial charge < -0.3 is 4.74 Å². The van der Waals surface area contributed by atoms with Gasteiger partial charge in [-0.05, 0) is 18.9 Å². The van der Waals surface area contributed by atoms with Crippen LogP contribution >= 0.6 is 0 Å². The molecule has 0 spiro atoms. The van der Waals surface area contributed by atoms with Gasteiger partial charge in [0.15, 0.2) is 0 Å². The Kier molecular flexibility index (Phi) is 4.77. The molecule has 0 aliphatic heterocycles. The normalized spacial score (nSPS) is 13.9. The number of hydrogen-bond acceptors (Lipinski definition) is 2. The second-order valence-electron chi connectivity index (χ2n) is 3.74. The molecule has 0 saturated heterocycles. The maximum absolute atomic E-state index is 11.7. The second kappa shape index (κ2) is 6.11. The van der Waals surface area contributed by atoms with Gasteiger partial charge in [0.25, 0.3) is 0 Å². The Morgan fingerprint density at radius 1 is 1.44 bits per heavy atom. The van der Waals surface area contributed by atoms with Crippen LogP contribution in [0, 0.1) is 5.92 Å². The fraction of sp³-hybridized carbons (Fsp3) is 0.357.